The lowest BCUT2D eigenvalue weighted by Crippen LogP contribution is -2.16. The Morgan fingerprint density at radius 2 is 2.18 bits per heavy atom. The van der Waals surface area contributed by atoms with Crippen LogP contribution in [0.2, 0.25) is 0 Å². The zero-order valence-electron chi connectivity index (χ0n) is 9.80. The van der Waals surface area contributed by atoms with Crippen LogP contribution in [0.4, 0.5) is 0 Å². The van der Waals surface area contributed by atoms with E-state index < -0.39 is 6.10 Å². The minimum atomic E-state index is -0.464. The first-order chi connectivity index (χ1) is 8.25. The van der Waals surface area contributed by atoms with Gasteiger partial charge in [0.2, 0.25) is 0 Å². The summed E-state index contributed by atoms with van der Waals surface area (Å²) in [6.07, 6.45) is 1.28. The SMILES string of the molecule is Cc1ccccc1-c1nc2n(n1)CCCC2O. The Labute approximate surface area is 99.9 Å². The molecule has 0 saturated heterocycles. The molecule has 1 unspecified atom stereocenters. The minimum absolute atomic E-state index is 0.464. The average Bonchev–Trinajstić information content (AvgIpc) is 2.75. The molecule has 1 aromatic carbocycles. The normalized spacial score (nSPS) is 19.1. The van der Waals surface area contributed by atoms with Crippen LogP contribution >= 0.6 is 0 Å². The number of hydrogen-bond acceptors (Lipinski definition) is 3. The van der Waals surface area contributed by atoms with E-state index in [-0.39, 0.29) is 0 Å². The van der Waals surface area contributed by atoms with Gasteiger partial charge in [0.1, 0.15) is 6.10 Å². The predicted octanol–water partition coefficient (Wildman–Crippen LogP) is 2.08. The molecule has 2 heterocycles. The molecule has 3 rings (SSSR count). The zero-order valence-corrected chi connectivity index (χ0v) is 9.80. The highest BCUT2D eigenvalue weighted by molar-refractivity contribution is 5.59. The van der Waals surface area contributed by atoms with E-state index in [0.717, 1.165) is 36.3 Å². The van der Waals surface area contributed by atoms with Gasteiger partial charge in [-0.25, -0.2) is 9.67 Å². The van der Waals surface area contributed by atoms with Crippen LogP contribution in [0.25, 0.3) is 11.4 Å². The summed E-state index contributed by atoms with van der Waals surface area (Å²) < 4.78 is 1.83. The topological polar surface area (TPSA) is 50.9 Å². The lowest BCUT2D eigenvalue weighted by molar-refractivity contribution is 0.130. The molecule has 0 aliphatic carbocycles. The Kier molecular flexibility index (Phi) is 2.44. The van der Waals surface area contributed by atoms with Crippen LogP contribution in [-0.2, 0) is 6.54 Å². The van der Waals surface area contributed by atoms with E-state index in [1.165, 1.54) is 0 Å². The van der Waals surface area contributed by atoms with Gasteiger partial charge in [-0.3, -0.25) is 0 Å². The van der Waals surface area contributed by atoms with E-state index >= 15 is 0 Å². The van der Waals surface area contributed by atoms with Crippen LogP contribution in [0.3, 0.4) is 0 Å². The third kappa shape index (κ3) is 1.74. The number of rotatable bonds is 1. The molecule has 1 N–H and O–H groups in total. The van der Waals surface area contributed by atoms with E-state index in [1.807, 2.05) is 35.9 Å². The van der Waals surface area contributed by atoms with E-state index in [1.54, 1.807) is 0 Å². The third-order valence-corrected chi connectivity index (χ3v) is 3.23. The lowest BCUT2D eigenvalue weighted by atomic mass is 10.1. The minimum Gasteiger partial charge on any atom is -0.385 e. The fourth-order valence-corrected chi connectivity index (χ4v) is 2.27. The fourth-order valence-electron chi connectivity index (χ4n) is 2.27. The van der Waals surface area contributed by atoms with Crippen LogP contribution < -0.4 is 0 Å². The number of aliphatic hydroxyl groups excluding tert-OH is 1. The highest BCUT2D eigenvalue weighted by Gasteiger charge is 2.22. The van der Waals surface area contributed by atoms with Crippen LogP contribution in [0.5, 0.6) is 0 Å². The van der Waals surface area contributed by atoms with Crippen molar-refractivity contribution < 1.29 is 5.11 Å². The van der Waals surface area contributed by atoms with Crippen LogP contribution in [-0.4, -0.2) is 19.9 Å². The quantitative estimate of drug-likeness (QED) is 0.814. The molecule has 0 amide bonds. The monoisotopic (exact) mass is 229 g/mol. The zero-order chi connectivity index (χ0) is 11.8. The van der Waals surface area contributed by atoms with Crippen LogP contribution in [0, 0.1) is 6.92 Å². The maximum atomic E-state index is 9.87. The van der Waals surface area contributed by atoms with Crippen molar-refractivity contribution in [1.82, 2.24) is 14.8 Å². The van der Waals surface area contributed by atoms with Crippen molar-refractivity contribution >= 4 is 0 Å². The summed E-state index contributed by atoms with van der Waals surface area (Å²) in [6, 6.07) is 8.05. The molecule has 0 saturated carbocycles. The van der Waals surface area contributed by atoms with Gasteiger partial charge in [0.05, 0.1) is 0 Å². The van der Waals surface area contributed by atoms with Gasteiger partial charge in [-0.2, -0.15) is 5.10 Å². The van der Waals surface area contributed by atoms with E-state index in [4.69, 9.17) is 0 Å². The molecule has 0 fully saturated rings. The number of benzene rings is 1. The molecule has 4 heteroatoms. The van der Waals surface area contributed by atoms with Crippen molar-refractivity contribution in [2.24, 2.45) is 0 Å². The highest BCUT2D eigenvalue weighted by Crippen LogP contribution is 2.26. The summed E-state index contributed by atoms with van der Waals surface area (Å²) in [5, 5.41) is 14.3. The number of aliphatic hydroxyl groups is 1. The molecule has 0 spiro atoms. The van der Waals surface area contributed by atoms with E-state index in [2.05, 4.69) is 10.1 Å². The Balaban J connectivity index is 2.08. The molecule has 1 aromatic heterocycles. The standard InChI is InChI=1S/C13H15N3O/c1-9-5-2-3-6-10(9)12-14-13-11(17)7-4-8-16(13)15-12/h2-3,5-6,11,17H,4,7-8H2,1H3. The summed E-state index contributed by atoms with van der Waals surface area (Å²) in [4.78, 5) is 4.46. The Bertz CT molecular complexity index is 547. The highest BCUT2D eigenvalue weighted by atomic mass is 16.3. The summed E-state index contributed by atoms with van der Waals surface area (Å²) in [5.41, 5.74) is 2.20. The third-order valence-electron chi connectivity index (χ3n) is 3.23. The van der Waals surface area contributed by atoms with Crippen molar-refractivity contribution in [3.05, 3.63) is 35.7 Å². The first-order valence-corrected chi connectivity index (χ1v) is 5.94. The van der Waals surface area contributed by atoms with Gasteiger partial charge >= 0.3 is 0 Å². The summed E-state index contributed by atoms with van der Waals surface area (Å²) in [7, 11) is 0. The molecule has 1 aliphatic rings. The van der Waals surface area contributed by atoms with Gasteiger partial charge < -0.3 is 5.11 Å². The van der Waals surface area contributed by atoms with Crippen molar-refractivity contribution in [3.8, 4) is 11.4 Å². The first-order valence-electron chi connectivity index (χ1n) is 5.94. The fraction of sp³-hybridized carbons (Fsp3) is 0.385. The lowest BCUT2D eigenvalue weighted by Gasteiger charge is -2.16. The number of nitrogens with zero attached hydrogens (tertiary/aromatic N) is 3. The van der Waals surface area contributed by atoms with Crippen molar-refractivity contribution in [3.63, 3.8) is 0 Å². The van der Waals surface area contributed by atoms with E-state index in [0.29, 0.717) is 5.82 Å². The van der Waals surface area contributed by atoms with E-state index in [9.17, 15) is 5.11 Å². The Morgan fingerprint density at radius 1 is 1.35 bits per heavy atom. The molecule has 88 valence electrons. The first kappa shape index (κ1) is 10.5. The molecule has 0 radical (unpaired) electrons. The number of aromatic nitrogens is 3. The van der Waals surface area contributed by atoms with Gasteiger partial charge in [-0.1, -0.05) is 24.3 Å². The van der Waals surface area contributed by atoms with Crippen molar-refractivity contribution in [2.75, 3.05) is 0 Å². The molecule has 0 bridgehead atoms. The second kappa shape index (κ2) is 3.96. The van der Waals surface area contributed by atoms with Crippen molar-refractivity contribution in [1.29, 1.82) is 0 Å². The van der Waals surface area contributed by atoms with Crippen LogP contribution in [0.15, 0.2) is 24.3 Å². The number of aryl methyl sites for hydroxylation is 2. The maximum Gasteiger partial charge on any atom is 0.181 e. The van der Waals surface area contributed by atoms with Gasteiger partial charge in [-0.15, -0.1) is 0 Å². The van der Waals surface area contributed by atoms with Gasteiger partial charge in [0, 0.05) is 12.1 Å². The maximum absolute atomic E-state index is 9.87. The van der Waals surface area contributed by atoms with Crippen molar-refractivity contribution in [2.45, 2.75) is 32.4 Å². The summed E-state index contributed by atoms with van der Waals surface area (Å²) in [5.74, 6) is 1.42. The largest absolute Gasteiger partial charge is 0.385 e. The van der Waals surface area contributed by atoms with Gasteiger partial charge in [0.25, 0.3) is 0 Å². The van der Waals surface area contributed by atoms with Crippen LogP contribution in [0.1, 0.15) is 30.3 Å². The molecule has 1 aliphatic heterocycles. The second-order valence-electron chi connectivity index (χ2n) is 4.49. The number of hydrogen-bond donors (Lipinski definition) is 1. The Morgan fingerprint density at radius 3 is 2.94 bits per heavy atom. The van der Waals surface area contributed by atoms with Gasteiger partial charge in [0.15, 0.2) is 11.6 Å². The molecule has 4 nitrogen and oxygen atoms in total. The smallest absolute Gasteiger partial charge is 0.181 e. The summed E-state index contributed by atoms with van der Waals surface area (Å²) >= 11 is 0. The summed E-state index contributed by atoms with van der Waals surface area (Å²) in [6.45, 7) is 2.90. The average molecular weight is 229 g/mol. The molecule has 2 aromatic rings. The predicted molar refractivity (Wildman–Crippen MR) is 64.4 cm³/mol. The number of fused-ring (bicyclic) bond motifs is 1. The molecule has 1 atom stereocenters. The molecular weight excluding hydrogens is 214 g/mol. The molecular formula is C13H15N3O. The Hall–Kier alpha value is -1.68. The second-order valence-corrected chi connectivity index (χ2v) is 4.49. The molecule has 17 heavy (non-hydrogen) atoms. The van der Waals surface area contributed by atoms with Gasteiger partial charge in [-0.05, 0) is 25.3 Å².